The van der Waals surface area contributed by atoms with Crippen molar-refractivity contribution in [2.45, 2.75) is 19.5 Å². The first-order valence-corrected chi connectivity index (χ1v) is 6.91. The van der Waals surface area contributed by atoms with E-state index in [4.69, 9.17) is 0 Å². The van der Waals surface area contributed by atoms with E-state index in [9.17, 15) is 14.4 Å². The van der Waals surface area contributed by atoms with Gasteiger partial charge in [0.2, 0.25) is 0 Å². The van der Waals surface area contributed by atoms with Crippen molar-refractivity contribution in [3.05, 3.63) is 35.4 Å². The molecule has 1 unspecified atom stereocenters. The largest absolute Gasteiger partial charge is 0.453 e. The number of carbonyl (C=O) groups excluding carboxylic acids is 3. The standard InChI is InChI=1S/C15H21N3O4/c1-10(13(19)17-15(21)22-4)18(3)9-11-5-7-12(8-6-11)14(20)16-2/h5-8,10H,9H2,1-4H3,(H,16,20)(H,17,19,21)/p+1/t10-/m1/s1. The van der Waals surface area contributed by atoms with Crippen LogP contribution in [0.3, 0.4) is 0 Å². The molecule has 0 aliphatic rings. The first-order valence-electron chi connectivity index (χ1n) is 6.91. The van der Waals surface area contributed by atoms with E-state index in [0.29, 0.717) is 12.1 Å². The van der Waals surface area contributed by atoms with Crippen molar-refractivity contribution < 1.29 is 24.0 Å². The second kappa shape index (κ2) is 8.14. The topological polar surface area (TPSA) is 88.9 Å². The number of hydrogen-bond acceptors (Lipinski definition) is 4. The van der Waals surface area contributed by atoms with Crippen molar-refractivity contribution in [1.29, 1.82) is 0 Å². The van der Waals surface area contributed by atoms with E-state index in [1.54, 1.807) is 26.1 Å². The van der Waals surface area contributed by atoms with Crippen LogP contribution in [0.1, 0.15) is 22.8 Å². The summed E-state index contributed by atoms with van der Waals surface area (Å²) >= 11 is 0. The zero-order valence-electron chi connectivity index (χ0n) is 13.2. The highest BCUT2D eigenvalue weighted by Gasteiger charge is 2.23. The Balaban J connectivity index is 2.63. The van der Waals surface area contributed by atoms with Crippen LogP contribution in [0.15, 0.2) is 24.3 Å². The summed E-state index contributed by atoms with van der Waals surface area (Å²) in [5.41, 5.74) is 1.57. The number of amides is 3. The van der Waals surface area contributed by atoms with Crippen LogP contribution in [0.4, 0.5) is 4.79 Å². The molecule has 0 heterocycles. The maximum Gasteiger partial charge on any atom is 0.413 e. The predicted octanol–water partition coefficient (Wildman–Crippen LogP) is -0.668. The smallest absolute Gasteiger partial charge is 0.413 e. The summed E-state index contributed by atoms with van der Waals surface area (Å²) in [7, 11) is 4.64. The third-order valence-electron chi connectivity index (χ3n) is 3.47. The Morgan fingerprint density at radius 3 is 2.32 bits per heavy atom. The molecule has 0 aliphatic carbocycles. The highest BCUT2D eigenvalue weighted by atomic mass is 16.5. The van der Waals surface area contributed by atoms with E-state index in [-0.39, 0.29) is 5.91 Å². The van der Waals surface area contributed by atoms with Crippen molar-refractivity contribution >= 4 is 17.9 Å². The molecule has 1 aromatic carbocycles. The average Bonchev–Trinajstić information content (AvgIpc) is 2.53. The van der Waals surface area contributed by atoms with Gasteiger partial charge in [-0.05, 0) is 19.1 Å². The van der Waals surface area contributed by atoms with E-state index in [1.165, 1.54) is 7.11 Å². The first kappa shape index (κ1) is 17.6. The average molecular weight is 308 g/mol. The van der Waals surface area contributed by atoms with Crippen molar-refractivity contribution in [2.75, 3.05) is 21.2 Å². The Morgan fingerprint density at radius 1 is 1.23 bits per heavy atom. The third-order valence-corrected chi connectivity index (χ3v) is 3.47. The number of methoxy groups -OCH3 is 1. The molecular formula is C15H22N3O4+. The number of ether oxygens (including phenoxy) is 1. The molecule has 0 aromatic heterocycles. The molecule has 0 saturated heterocycles. The lowest BCUT2D eigenvalue weighted by molar-refractivity contribution is -0.908. The molecule has 3 amide bonds. The fourth-order valence-electron chi connectivity index (χ4n) is 1.88. The van der Waals surface area contributed by atoms with E-state index in [2.05, 4.69) is 15.4 Å². The van der Waals surface area contributed by atoms with E-state index in [0.717, 1.165) is 10.5 Å². The summed E-state index contributed by atoms with van der Waals surface area (Å²) in [5, 5.41) is 4.71. The molecule has 1 rings (SSSR count). The second-order valence-corrected chi connectivity index (χ2v) is 5.00. The minimum absolute atomic E-state index is 0.141. The van der Waals surface area contributed by atoms with Gasteiger partial charge in [-0.1, -0.05) is 12.1 Å². The molecule has 7 nitrogen and oxygen atoms in total. The number of nitrogens with one attached hydrogen (secondary N) is 3. The third kappa shape index (κ3) is 4.85. The molecular weight excluding hydrogens is 286 g/mol. The summed E-state index contributed by atoms with van der Waals surface area (Å²) in [6.45, 7) is 2.32. The van der Waals surface area contributed by atoms with Gasteiger partial charge in [0, 0.05) is 18.2 Å². The van der Waals surface area contributed by atoms with Crippen LogP contribution in [0, 0.1) is 0 Å². The zero-order valence-corrected chi connectivity index (χ0v) is 13.2. The number of quaternary nitrogens is 1. The van der Waals surface area contributed by atoms with Gasteiger partial charge in [0.1, 0.15) is 6.54 Å². The summed E-state index contributed by atoms with van der Waals surface area (Å²) in [6.07, 6.45) is -0.764. The molecule has 3 N–H and O–H groups in total. The number of benzene rings is 1. The molecule has 22 heavy (non-hydrogen) atoms. The number of likely N-dealkylation sites (N-methyl/N-ethyl adjacent to an activating group) is 1. The lowest BCUT2D eigenvalue weighted by Crippen LogP contribution is -3.12. The normalized spacial score (nSPS) is 12.9. The molecule has 7 heteroatoms. The van der Waals surface area contributed by atoms with E-state index < -0.39 is 18.0 Å². The maximum absolute atomic E-state index is 11.8. The number of hydrogen-bond donors (Lipinski definition) is 3. The predicted molar refractivity (Wildman–Crippen MR) is 80.4 cm³/mol. The SMILES string of the molecule is CNC(=O)c1ccc(C[NH+](C)[C@H](C)C(=O)NC(=O)OC)cc1. The Morgan fingerprint density at radius 2 is 1.82 bits per heavy atom. The maximum atomic E-state index is 11.8. The highest BCUT2D eigenvalue weighted by molar-refractivity contribution is 5.94. The molecule has 0 saturated carbocycles. The van der Waals surface area contributed by atoms with Crippen LogP contribution in [0.2, 0.25) is 0 Å². The van der Waals surface area contributed by atoms with E-state index in [1.807, 2.05) is 19.2 Å². The zero-order chi connectivity index (χ0) is 16.7. The van der Waals surface area contributed by atoms with Gasteiger partial charge in [-0.3, -0.25) is 14.9 Å². The monoisotopic (exact) mass is 308 g/mol. The van der Waals surface area contributed by atoms with Crippen LogP contribution in [-0.2, 0) is 16.1 Å². The molecule has 0 aliphatic heterocycles. The van der Waals surface area contributed by atoms with Gasteiger partial charge in [0.15, 0.2) is 6.04 Å². The summed E-state index contributed by atoms with van der Waals surface area (Å²) in [6, 6.07) is 6.75. The lowest BCUT2D eigenvalue weighted by Gasteiger charge is -2.20. The van der Waals surface area contributed by atoms with Gasteiger partial charge in [-0.15, -0.1) is 0 Å². The Labute approximate surface area is 129 Å². The molecule has 120 valence electrons. The quantitative estimate of drug-likeness (QED) is 0.673. The summed E-state index contributed by atoms with van der Waals surface area (Å²) < 4.78 is 4.40. The Bertz CT molecular complexity index is 542. The summed E-state index contributed by atoms with van der Waals surface area (Å²) in [4.78, 5) is 35.3. The van der Waals surface area contributed by atoms with Crippen LogP contribution >= 0.6 is 0 Å². The molecule has 0 radical (unpaired) electrons. The van der Waals surface area contributed by atoms with Gasteiger partial charge < -0.3 is 15.0 Å². The lowest BCUT2D eigenvalue weighted by atomic mass is 10.1. The van der Waals surface area contributed by atoms with Gasteiger partial charge in [0.05, 0.1) is 14.2 Å². The van der Waals surface area contributed by atoms with Crippen molar-refractivity contribution in [3.63, 3.8) is 0 Å². The molecule has 0 fully saturated rings. The second-order valence-electron chi connectivity index (χ2n) is 5.00. The number of carbonyl (C=O) groups is 3. The van der Waals surface area contributed by atoms with Crippen LogP contribution in [0.25, 0.3) is 0 Å². The first-order chi connectivity index (χ1) is 10.4. The highest BCUT2D eigenvalue weighted by Crippen LogP contribution is 2.03. The van der Waals surface area contributed by atoms with Gasteiger partial charge in [0.25, 0.3) is 11.8 Å². The fourth-order valence-corrected chi connectivity index (χ4v) is 1.88. The van der Waals surface area contributed by atoms with Gasteiger partial charge in [-0.25, -0.2) is 4.79 Å². The minimum Gasteiger partial charge on any atom is -0.453 e. The van der Waals surface area contributed by atoms with Gasteiger partial charge in [-0.2, -0.15) is 0 Å². The molecule has 1 aromatic rings. The van der Waals surface area contributed by atoms with Crippen LogP contribution in [-0.4, -0.2) is 45.2 Å². The Kier molecular flexibility index (Phi) is 6.52. The molecule has 0 bridgehead atoms. The summed E-state index contributed by atoms with van der Waals surface area (Å²) in [5.74, 6) is -0.538. The van der Waals surface area contributed by atoms with Crippen LogP contribution < -0.4 is 15.5 Å². The van der Waals surface area contributed by atoms with E-state index >= 15 is 0 Å². The minimum atomic E-state index is -0.764. The fraction of sp³-hybridized carbons (Fsp3) is 0.400. The molecule has 2 atom stereocenters. The van der Waals surface area contributed by atoms with Crippen LogP contribution in [0.5, 0.6) is 0 Å². The van der Waals surface area contributed by atoms with Gasteiger partial charge >= 0.3 is 6.09 Å². The van der Waals surface area contributed by atoms with Crippen molar-refractivity contribution in [3.8, 4) is 0 Å². The van der Waals surface area contributed by atoms with Crippen molar-refractivity contribution in [2.24, 2.45) is 0 Å². The number of rotatable bonds is 5. The number of imide groups is 1. The number of alkyl carbamates (subject to hydrolysis) is 1. The van der Waals surface area contributed by atoms with Crippen molar-refractivity contribution in [1.82, 2.24) is 10.6 Å². The Hall–Kier alpha value is -2.41. The molecule has 0 spiro atoms.